The second-order valence-corrected chi connectivity index (χ2v) is 4.74. The van der Waals surface area contributed by atoms with Crippen LogP contribution in [0.25, 0.3) is 17.4 Å². The lowest BCUT2D eigenvalue weighted by atomic mass is 10.4. The van der Waals surface area contributed by atoms with E-state index in [1.807, 2.05) is 13.0 Å². The molecule has 1 N–H and O–H groups in total. The first-order valence-corrected chi connectivity index (χ1v) is 7.01. The second kappa shape index (κ2) is 5.98. The van der Waals surface area contributed by atoms with Crippen molar-refractivity contribution in [2.45, 2.75) is 6.92 Å². The van der Waals surface area contributed by atoms with Gasteiger partial charge in [0.05, 0.1) is 0 Å². The zero-order valence-corrected chi connectivity index (χ0v) is 12.4. The molecule has 0 fully saturated rings. The number of hydrogen-bond acceptors (Lipinski definition) is 5. The van der Waals surface area contributed by atoms with Crippen LogP contribution in [0.3, 0.4) is 0 Å². The first kappa shape index (κ1) is 14.3. The van der Waals surface area contributed by atoms with E-state index in [0.29, 0.717) is 23.2 Å². The normalized spacial score (nSPS) is 10.6. The van der Waals surface area contributed by atoms with E-state index in [1.165, 1.54) is 0 Å². The lowest BCUT2D eigenvalue weighted by Gasteiger charge is -2.07. The molecule has 22 heavy (non-hydrogen) atoms. The summed E-state index contributed by atoms with van der Waals surface area (Å²) >= 11 is 5.51. The van der Waals surface area contributed by atoms with Crippen LogP contribution in [0.1, 0.15) is 5.76 Å². The van der Waals surface area contributed by atoms with Gasteiger partial charge in [0.1, 0.15) is 17.5 Å². The third-order valence-corrected chi connectivity index (χ3v) is 3.04. The van der Waals surface area contributed by atoms with Gasteiger partial charge in [-0.25, -0.2) is 14.6 Å². The Bertz CT molecular complexity index is 797. The largest absolute Gasteiger partial charge is 0.458 e. The topological polar surface area (TPSA) is 85.8 Å². The number of nitrogens with zero attached hydrogens (tertiary/aromatic N) is 4. The zero-order valence-electron chi connectivity index (χ0n) is 11.7. The molecule has 3 aromatic heterocycles. The van der Waals surface area contributed by atoms with Crippen LogP contribution in [-0.4, -0.2) is 31.5 Å². The molecule has 7 nitrogen and oxygen atoms in total. The van der Waals surface area contributed by atoms with Gasteiger partial charge in [0.15, 0.2) is 17.4 Å². The van der Waals surface area contributed by atoms with Gasteiger partial charge in [0.2, 0.25) is 5.91 Å². The molecule has 3 aromatic rings. The summed E-state index contributed by atoms with van der Waals surface area (Å²) in [5.41, 5.74) is 0. The molecule has 0 saturated carbocycles. The minimum absolute atomic E-state index is 0.156. The minimum Gasteiger partial charge on any atom is -0.458 e. The van der Waals surface area contributed by atoms with Crippen LogP contribution in [0.4, 0.5) is 5.82 Å². The van der Waals surface area contributed by atoms with Crippen molar-refractivity contribution < 1.29 is 9.21 Å². The van der Waals surface area contributed by atoms with Crippen LogP contribution in [-0.2, 0) is 4.79 Å². The van der Waals surface area contributed by atoms with E-state index in [9.17, 15) is 4.79 Å². The van der Waals surface area contributed by atoms with Crippen molar-refractivity contribution in [2.75, 3.05) is 11.2 Å². The Morgan fingerprint density at radius 3 is 2.91 bits per heavy atom. The summed E-state index contributed by atoms with van der Waals surface area (Å²) in [4.78, 5) is 20.2. The van der Waals surface area contributed by atoms with Crippen molar-refractivity contribution in [2.24, 2.45) is 0 Å². The summed E-state index contributed by atoms with van der Waals surface area (Å²) < 4.78 is 7.10. The highest BCUT2D eigenvalue weighted by Gasteiger charge is 2.13. The zero-order chi connectivity index (χ0) is 15.5. The molecule has 0 unspecified atom stereocenters. The van der Waals surface area contributed by atoms with Crippen molar-refractivity contribution in [3.63, 3.8) is 0 Å². The molecule has 0 spiro atoms. The monoisotopic (exact) mass is 317 g/mol. The van der Waals surface area contributed by atoms with Crippen molar-refractivity contribution >= 4 is 23.3 Å². The van der Waals surface area contributed by atoms with Crippen LogP contribution < -0.4 is 5.32 Å². The second-order valence-electron chi connectivity index (χ2n) is 4.48. The maximum Gasteiger partial charge on any atom is 0.240 e. The van der Waals surface area contributed by atoms with E-state index in [2.05, 4.69) is 20.4 Å². The Balaban J connectivity index is 2.07. The number of amides is 1. The molecule has 8 heteroatoms. The molecule has 1 amide bonds. The van der Waals surface area contributed by atoms with Crippen LogP contribution in [0.15, 0.2) is 41.1 Å². The fourth-order valence-corrected chi connectivity index (χ4v) is 1.93. The number of halogens is 1. The molecular weight excluding hydrogens is 306 g/mol. The molecule has 0 atom stereocenters. The fraction of sp³-hybridized carbons (Fsp3) is 0.143. The first-order chi connectivity index (χ1) is 10.7. The first-order valence-electron chi connectivity index (χ1n) is 6.47. The summed E-state index contributed by atoms with van der Waals surface area (Å²) in [5.74, 6) is 1.93. The number of nitrogens with one attached hydrogen (secondary N) is 1. The van der Waals surface area contributed by atoms with Crippen molar-refractivity contribution in [1.29, 1.82) is 0 Å². The lowest BCUT2D eigenvalue weighted by molar-refractivity contribution is -0.113. The standard InChI is InChI=1S/C14H12ClN5O2/c1-9-3-4-10(22-9)14-18-11(17-13(21)8-15)7-12(19-14)20-6-2-5-16-20/h2-7H,8H2,1H3,(H,17,18,19,21). The molecule has 0 aliphatic rings. The van der Waals surface area contributed by atoms with Crippen molar-refractivity contribution in [3.05, 3.63) is 42.4 Å². The Kier molecular flexibility index (Phi) is 3.88. The highest BCUT2D eigenvalue weighted by atomic mass is 35.5. The predicted molar refractivity (Wildman–Crippen MR) is 80.9 cm³/mol. The van der Waals surface area contributed by atoms with E-state index < -0.39 is 0 Å². The highest BCUT2D eigenvalue weighted by molar-refractivity contribution is 6.29. The SMILES string of the molecule is Cc1ccc(-c2nc(NC(=O)CCl)cc(-n3cccn3)n2)o1. The molecule has 3 heterocycles. The molecular formula is C14H12ClN5O2. The van der Waals surface area contributed by atoms with Gasteiger partial charge in [-0.2, -0.15) is 5.10 Å². The quantitative estimate of drug-likeness (QED) is 0.747. The van der Waals surface area contributed by atoms with Crippen LogP contribution in [0.5, 0.6) is 0 Å². The summed E-state index contributed by atoms with van der Waals surface area (Å²) in [6.45, 7) is 1.83. The van der Waals surface area contributed by atoms with Gasteiger partial charge in [-0.1, -0.05) is 0 Å². The van der Waals surface area contributed by atoms with Gasteiger partial charge < -0.3 is 9.73 Å². The number of carbonyl (C=O) groups excluding carboxylic acids is 1. The number of aromatic nitrogens is 4. The summed E-state index contributed by atoms with van der Waals surface area (Å²) in [7, 11) is 0. The van der Waals surface area contributed by atoms with Crippen LogP contribution in [0, 0.1) is 6.92 Å². The fourth-order valence-electron chi connectivity index (χ4n) is 1.86. The molecule has 0 aliphatic heterocycles. The molecule has 0 radical (unpaired) electrons. The lowest BCUT2D eigenvalue weighted by Crippen LogP contribution is -2.15. The highest BCUT2D eigenvalue weighted by Crippen LogP contribution is 2.21. The van der Waals surface area contributed by atoms with Gasteiger partial charge >= 0.3 is 0 Å². The van der Waals surface area contributed by atoms with Gasteiger partial charge in [0, 0.05) is 18.5 Å². The number of anilines is 1. The number of furan rings is 1. The summed E-state index contributed by atoms with van der Waals surface area (Å²) in [6, 6.07) is 6.97. The molecule has 0 saturated heterocycles. The van der Waals surface area contributed by atoms with E-state index in [1.54, 1.807) is 35.3 Å². The molecule has 112 valence electrons. The Morgan fingerprint density at radius 1 is 1.41 bits per heavy atom. The summed E-state index contributed by atoms with van der Waals surface area (Å²) in [5, 5.41) is 6.73. The number of carbonyl (C=O) groups is 1. The number of aryl methyl sites for hydroxylation is 1. The smallest absolute Gasteiger partial charge is 0.240 e. The van der Waals surface area contributed by atoms with Crippen molar-refractivity contribution in [1.82, 2.24) is 19.7 Å². The Morgan fingerprint density at radius 2 is 2.27 bits per heavy atom. The van der Waals surface area contributed by atoms with E-state index in [-0.39, 0.29) is 11.8 Å². The van der Waals surface area contributed by atoms with Gasteiger partial charge in [-0.15, -0.1) is 11.6 Å². The van der Waals surface area contributed by atoms with Crippen molar-refractivity contribution in [3.8, 4) is 17.4 Å². The average Bonchev–Trinajstić information content (AvgIpc) is 3.18. The Labute approximate surface area is 130 Å². The minimum atomic E-state index is -0.353. The molecule has 3 rings (SSSR count). The third kappa shape index (κ3) is 2.99. The van der Waals surface area contributed by atoms with E-state index in [4.69, 9.17) is 16.0 Å². The Hall–Kier alpha value is -2.67. The van der Waals surface area contributed by atoms with Gasteiger partial charge in [0.25, 0.3) is 0 Å². The molecule has 0 bridgehead atoms. The molecule has 0 aliphatic carbocycles. The average molecular weight is 318 g/mol. The number of hydrogen-bond donors (Lipinski definition) is 1. The van der Waals surface area contributed by atoms with E-state index in [0.717, 1.165) is 5.76 Å². The maximum atomic E-state index is 11.5. The number of rotatable bonds is 4. The predicted octanol–water partition coefficient (Wildman–Crippen LogP) is 2.41. The van der Waals surface area contributed by atoms with Gasteiger partial charge in [-0.05, 0) is 25.1 Å². The van der Waals surface area contributed by atoms with Crippen LogP contribution >= 0.6 is 11.6 Å². The molecule has 0 aromatic carbocycles. The van der Waals surface area contributed by atoms with E-state index >= 15 is 0 Å². The third-order valence-electron chi connectivity index (χ3n) is 2.80. The number of alkyl halides is 1. The summed E-state index contributed by atoms with van der Waals surface area (Å²) in [6.07, 6.45) is 3.38. The van der Waals surface area contributed by atoms with Crippen LogP contribution in [0.2, 0.25) is 0 Å². The van der Waals surface area contributed by atoms with Gasteiger partial charge in [-0.3, -0.25) is 4.79 Å². The maximum absolute atomic E-state index is 11.5.